The van der Waals surface area contributed by atoms with E-state index >= 15 is 0 Å². The summed E-state index contributed by atoms with van der Waals surface area (Å²) in [5.41, 5.74) is 4.27. The number of Topliss-reactive ketones (excluding diaryl/α,β-unsaturated/α-hetero) is 1. The zero-order valence-corrected chi connectivity index (χ0v) is 17.4. The third-order valence-electron chi connectivity index (χ3n) is 6.54. The summed E-state index contributed by atoms with van der Waals surface area (Å²) in [6.45, 7) is 3.49. The van der Waals surface area contributed by atoms with E-state index in [0.29, 0.717) is 0 Å². The van der Waals surface area contributed by atoms with Crippen molar-refractivity contribution >= 4 is 11.7 Å². The summed E-state index contributed by atoms with van der Waals surface area (Å²) in [6, 6.07) is 15.8. The molecule has 6 rings (SSSR count). The smallest absolute Gasteiger partial charge is 0.250 e. The molecular formula is C24H23NO6. The first-order valence-corrected chi connectivity index (χ1v) is 10.5. The minimum atomic E-state index is -1.55. The van der Waals surface area contributed by atoms with Crippen LogP contribution in [0, 0.1) is 0 Å². The molecular weight excluding hydrogens is 398 g/mol. The second kappa shape index (κ2) is 6.46. The van der Waals surface area contributed by atoms with Crippen LogP contribution in [0.4, 0.5) is 0 Å². The normalized spacial score (nSPS) is 31.6. The Morgan fingerprint density at radius 3 is 2.23 bits per heavy atom. The Hall–Kier alpha value is -2.58. The molecule has 3 fully saturated rings. The van der Waals surface area contributed by atoms with E-state index in [9.17, 15) is 9.59 Å². The number of hydrogen-bond donors (Lipinski definition) is 0. The zero-order chi connectivity index (χ0) is 21.4. The van der Waals surface area contributed by atoms with Crippen LogP contribution >= 0.6 is 0 Å². The molecule has 160 valence electrons. The largest absolute Gasteiger partial charge is 0.342 e. The minimum absolute atomic E-state index is 0.00497. The van der Waals surface area contributed by atoms with Crippen LogP contribution in [0.25, 0.3) is 11.1 Å². The van der Waals surface area contributed by atoms with E-state index in [1.807, 2.05) is 36.4 Å². The molecule has 2 aromatic rings. The highest BCUT2D eigenvalue weighted by atomic mass is 16.8. The summed E-state index contributed by atoms with van der Waals surface area (Å²) in [5, 5.41) is 0. The topological polar surface area (TPSA) is 74.3 Å². The summed E-state index contributed by atoms with van der Waals surface area (Å²) >= 11 is 0. The monoisotopic (exact) mass is 421 g/mol. The number of morpholine rings is 1. The Kier molecular flexibility index (Phi) is 3.99. The number of carbonyl (C=O) groups is 2. The number of benzene rings is 2. The number of carbonyl (C=O) groups excluding carboxylic acids is 2. The quantitative estimate of drug-likeness (QED) is 0.704. The van der Waals surface area contributed by atoms with Gasteiger partial charge in [0.05, 0.1) is 19.2 Å². The minimum Gasteiger partial charge on any atom is -0.342 e. The van der Waals surface area contributed by atoms with Gasteiger partial charge in [0.25, 0.3) is 5.79 Å². The van der Waals surface area contributed by atoms with Crippen molar-refractivity contribution in [3.63, 3.8) is 0 Å². The van der Waals surface area contributed by atoms with Crippen molar-refractivity contribution in [3.8, 4) is 11.1 Å². The van der Waals surface area contributed by atoms with Gasteiger partial charge in [-0.15, -0.1) is 0 Å². The maximum absolute atomic E-state index is 13.4. The highest BCUT2D eigenvalue weighted by Crippen LogP contribution is 2.48. The third-order valence-corrected chi connectivity index (χ3v) is 6.54. The summed E-state index contributed by atoms with van der Waals surface area (Å²) in [5.74, 6) is -2.92. The Bertz CT molecular complexity index is 1050. The Balaban J connectivity index is 1.38. The van der Waals surface area contributed by atoms with Gasteiger partial charge in [-0.2, -0.15) is 0 Å². The van der Waals surface area contributed by atoms with E-state index in [1.54, 1.807) is 18.7 Å². The number of nitrogens with zero attached hydrogens (tertiary/aromatic N) is 1. The lowest BCUT2D eigenvalue weighted by Crippen LogP contribution is -2.67. The zero-order valence-electron chi connectivity index (χ0n) is 17.4. The van der Waals surface area contributed by atoms with Crippen molar-refractivity contribution in [2.24, 2.45) is 0 Å². The van der Waals surface area contributed by atoms with Crippen LogP contribution in [0.15, 0.2) is 48.5 Å². The average Bonchev–Trinajstić information content (AvgIpc) is 3.27. The van der Waals surface area contributed by atoms with Gasteiger partial charge < -0.3 is 23.8 Å². The molecule has 1 amide bonds. The molecule has 0 unspecified atom stereocenters. The first-order valence-electron chi connectivity index (χ1n) is 10.5. The fourth-order valence-corrected chi connectivity index (χ4v) is 5.24. The molecule has 31 heavy (non-hydrogen) atoms. The molecule has 3 aliphatic heterocycles. The van der Waals surface area contributed by atoms with E-state index in [4.69, 9.17) is 18.9 Å². The summed E-state index contributed by atoms with van der Waals surface area (Å²) in [7, 11) is 0. The molecule has 0 N–H and O–H groups in total. The van der Waals surface area contributed by atoms with Crippen LogP contribution in [-0.2, 0) is 28.5 Å². The molecule has 7 nitrogen and oxygen atoms in total. The molecule has 0 saturated carbocycles. The Labute approximate surface area is 179 Å². The predicted molar refractivity (Wildman–Crippen MR) is 109 cm³/mol. The molecule has 0 aromatic heterocycles. The van der Waals surface area contributed by atoms with E-state index in [2.05, 4.69) is 12.1 Å². The maximum atomic E-state index is 13.4. The fourth-order valence-electron chi connectivity index (χ4n) is 5.24. The molecule has 3 atom stereocenters. The van der Waals surface area contributed by atoms with Crippen LogP contribution < -0.4 is 0 Å². The maximum Gasteiger partial charge on any atom is 0.250 e. The lowest BCUT2D eigenvalue weighted by Gasteiger charge is -2.46. The van der Waals surface area contributed by atoms with Gasteiger partial charge in [0.2, 0.25) is 11.7 Å². The van der Waals surface area contributed by atoms with Crippen molar-refractivity contribution in [1.82, 2.24) is 4.90 Å². The van der Waals surface area contributed by atoms with Gasteiger partial charge in [0, 0.05) is 0 Å². The number of fused-ring (bicyclic) bond motifs is 4. The third kappa shape index (κ3) is 2.74. The standard InChI is InChI=1S/C24H23NO6/c1-23(2)30-18-11-28-24(22(27)21(18)31-23)13-25(19(26)12-29-24)20-16-9-5-3-7-14(16)15-8-4-6-10-17(15)20/h3-10,18,20-21H,11-13H2,1-2H3/t18-,21-,24+/m1/s1. The lowest BCUT2D eigenvalue weighted by molar-refractivity contribution is -0.271. The van der Waals surface area contributed by atoms with Gasteiger partial charge >= 0.3 is 0 Å². The van der Waals surface area contributed by atoms with Gasteiger partial charge in [0.15, 0.2) is 11.9 Å². The van der Waals surface area contributed by atoms with Crippen LogP contribution in [0.3, 0.4) is 0 Å². The molecule has 7 heteroatoms. The molecule has 0 bridgehead atoms. The number of ketones is 1. The average molecular weight is 421 g/mol. The van der Waals surface area contributed by atoms with Crippen molar-refractivity contribution in [2.45, 2.75) is 43.7 Å². The van der Waals surface area contributed by atoms with Crippen molar-refractivity contribution in [2.75, 3.05) is 19.8 Å². The van der Waals surface area contributed by atoms with Crippen LogP contribution in [0.1, 0.15) is 31.0 Å². The second-order valence-electron chi connectivity index (χ2n) is 8.91. The van der Waals surface area contributed by atoms with Crippen molar-refractivity contribution in [3.05, 3.63) is 59.7 Å². The molecule has 2 aromatic carbocycles. The Morgan fingerprint density at radius 1 is 0.903 bits per heavy atom. The van der Waals surface area contributed by atoms with Gasteiger partial charge in [-0.1, -0.05) is 48.5 Å². The number of ether oxygens (including phenoxy) is 4. The number of hydrogen-bond acceptors (Lipinski definition) is 6. The lowest BCUT2D eigenvalue weighted by atomic mass is 9.95. The summed E-state index contributed by atoms with van der Waals surface area (Å²) in [6.07, 6.45) is -1.25. The fraction of sp³-hybridized carbons (Fsp3) is 0.417. The van der Waals surface area contributed by atoms with Crippen LogP contribution in [0.5, 0.6) is 0 Å². The first kappa shape index (κ1) is 19.1. The summed E-state index contributed by atoms with van der Waals surface area (Å²) in [4.78, 5) is 28.2. The number of amides is 1. The number of rotatable bonds is 1. The van der Waals surface area contributed by atoms with Crippen LogP contribution in [-0.4, -0.2) is 60.1 Å². The highest BCUT2D eigenvalue weighted by molar-refractivity contribution is 5.94. The second-order valence-corrected chi connectivity index (χ2v) is 8.91. The molecule has 3 heterocycles. The molecule has 4 aliphatic rings. The van der Waals surface area contributed by atoms with E-state index in [0.717, 1.165) is 22.3 Å². The van der Waals surface area contributed by atoms with Crippen molar-refractivity contribution in [1.29, 1.82) is 0 Å². The van der Waals surface area contributed by atoms with Gasteiger partial charge in [-0.3, -0.25) is 9.59 Å². The molecule has 0 radical (unpaired) electrons. The van der Waals surface area contributed by atoms with E-state index < -0.39 is 23.8 Å². The first-order chi connectivity index (χ1) is 14.9. The molecule has 3 saturated heterocycles. The Morgan fingerprint density at radius 2 is 1.55 bits per heavy atom. The molecule has 1 aliphatic carbocycles. The van der Waals surface area contributed by atoms with Gasteiger partial charge in [-0.05, 0) is 36.1 Å². The van der Waals surface area contributed by atoms with E-state index in [1.165, 1.54) is 0 Å². The molecule has 1 spiro atoms. The predicted octanol–water partition coefficient (Wildman–Crippen LogP) is 2.43. The van der Waals surface area contributed by atoms with Crippen molar-refractivity contribution < 1.29 is 28.5 Å². The SMILES string of the molecule is CC1(C)O[C@@H]2CO[C@]3(CN(C4c5ccccc5-c5ccccc54)C(=O)CO3)C(=O)[C@@H]2O1. The highest BCUT2D eigenvalue weighted by Gasteiger charge is 2.60. The van der Waals surface area contributed by atoms with Gasteiger partial charge in [-0.25, -0.2) is 0 Å². The van der Waals surface area contributed by atoms with Gasteiger partial charge in [0.1, 0.15) is 12.7 Å². The van der Waals surface area contributed by atoms with E-state index in [-0.39, 0.29) is 37.5 Å². The van der Waals surface area contributed by atoms with Crippen LogP contribution in [0.2, 0.25) is 0 Å². The summed E-state index contributed by atoms with van der Waals surface area (Å²) < 4.78 is 23.4.